The summed E-state index contributed by atoms with van der Waals surface area (Å²) in [6.45, 7) is 0.176. The molecule has 8 nitrogen and oxygen atoms in total. The van der Waals surface area contributed by atoms with E-state index in [1.54, 1.807) is 0 Å². The summed E-state index contributed by atoms with van der Waals surface area (Å²) < 4.78 is 28.4. The van der Waals surface area contributed by atoms with Crippen molar-refractivity contribution in [2.75, 3.05) is 5.32 Å². The van der Waals surface area contributed by atoms with E-state index in [-0.39, 0.29) is 41.0 Å². The first-order valence-corrected chi connectivity index (χ1v) is 9.41. The minimum absolute atomic E-state index is 0. The Labute approximate surface area is 191 Å². The van der Waals surface area contributed by atoms with E-state index in [9.17, 15) is 18.4 Å². The van der Waals surface area contributed by atoms with Gasteiger partial charge in [-0.15, -0.1) is 12.4 Å². The maximum atomic E-state index is 13.4. The van der Waals surface area contributed by atoms with Gasteiger partial charge in [0.05, 0.1) is 28.2 Å². The number of rotatable bonds is 5. The van der Waals surface area contributed by atoms with Crippen LogP contribution in [0.1, 0.15) is 26.7 Å². The SMILES string of the molecule is Cl.Cn1c(CNC(=O)c2cc(NC(=O)c3cc(F)c(F)cc3Cl)n[nH]2)nc2ccccc21. The van der Waals surface area contributed by atoms with Crippen molar-refractivity contribution < 1.29 is 18.4 Å². The molecule has 0 aliphatic rings. The molecule has 0 saturated heterocycles. The number of para-hydroxylation sites is 2. The van der Waals surface area contributed by atoms with Crippen LogP contribution >= 0.6 is 24.0 Å². The number of halogens is 4. The summed E-state index contributed by atoms with van der Waals surface area (Å²) in [5, 5.41) is 11.2. The monoisotopic (exact) mass is 480 g/mol. The maximum absolute atomic E-state index is 13.4. The Balaban J connectivity index is 0.00000289. The molecule has 2 amide bonds. The first-order valence-electron chi connectivity index (χ1n) is 9.03. The van der Waals surface area contributed by atoms with E-state index in [2.05, 4.69) is 25.8 Å². The number of anilines is 1. The van der Waals surface area contributed by atoms with Crippen LogP contribution in [-0.2, 0) is 13.6 Å². The van der Waals surface area contributed by atoms with Gasteiger partial charge in [-0.05, 0) is 24.3 Å². The summed E-state index contributed by atoms with van der Waals surface area (Å²) in [7, 11) is 1.85. The van der Waals surface area contributed by atoms with Gasteiger partial charge < -0.3 is 15.2 Å². The molecule has 166 valence electrons. The van der Waals surface area contributed by atoms with Crippen molar-refractivity contribution in [2.24, 2.45) is 7.05 Å². The first kappa shape index (κ1) is 23.2. The van der Waals surface area contributed by atoms with Gasteiger partial charge in [-0.1, -0.05) is 23.7 Å². The lowest BCUT2D eigenvalue weighted by atomic mass is 10.2. The summed E-state index contributed by atoms with van der Waals surface area (Å²) in [5.74, 6) is -2.97. The number of nitrogens with one attached hydrogen (secondary N) is 3. The lowest BCUT2D eigenvalue weighted by molar-refractivity contribution is 0.0943. The fraction of sp³-hybridized carbons (Fsp3) is 0.100. The smallest absolute Gasteiger partial charge is 0.269 e. The molecule has 0 bridgehead atoms. The number of hydrogen-bond acceptors (Lipinski definition) is 4. The molecular formula is C20H16Cl2F2N6O2. The molecular weight excluding hydrogens is 465 g/mol. The first-order chi connectivity index (χ1) is 14.8. The van der Waals surface area contributed by atoms with Crippen LogP contribution in [-0.4, -0.2) is 31.6 Å². The summed E-state index contributed by atoms with van der Waals surface area (Å²) in [5.41, 5.74) is 1.58. The zero-order valence-corrected chi connectivity index (χ0v) is 18.0. The van der Waals surface area contributed by atoms with Gasteiger partial charge in [-0.2, -0.15) is 5.10 Å². The van der Waals surface area contributed by atoms with E-state index in [1.165, 1.54) is 6.07 Å². The van der Waals surface area contributed by atoms with Crippen LogP contribution in [0, 0.1) is 11.6 Å². The van der Waals surface area contributed by atoms with Crippen molar-refractivity contribution in [1.82, 2.24) is 25.1 Å². The van der Waals surface area contributed by atoms with Gasteiger partial charge in [0, 0.05) is 13.1 Å². The van der Waals surface area contributed by atoms with E-state index in [0.29, 0.717) is 18.0 Å². The molecule has 32 heavy (non-hydrogen) atoms. The van der Waals surface area contributed by atoms with Crippen molar-refractivity contribution in [3.05, 3.63) is 76.2 Å². The van der Waals surface area contributed by atoms with Crippen LogP contribution in [0.2, 0.25) is 5.02 Å². The van der Waals surface area contributed by atoms with E-state index < -0.39 is 23.4 Å². The number of fused-ring (bicyclic) bond motifs is 1. The zero-order valence-electron chi connectivity index (χ0n) is 16.4. The number of aryl methyl sites for hydroxylation is 1. The number of H-pyrrole nitrogens is 1. The van der Waals surface area contributed by atoms with Gasteiger partial charge in [-0.25, -0.2) is 13.8 Å². The van der Waals surface area contributed by atoms with Crippen LogP contribution in [0.4, 0.5) is 14.6 Å². The number of aromatic amines is 1. The lowest BCUT2D eigenvalue weighted by Crippen LogP contribution is -2.24. The van der Waals surface area contributed by atoms with Gasteiger partial charge in [0.25, 0.3) is 11.8 Å². The van der Waals surface area contributed by atoms with Gasteiger partial charge in [0.15, 0.2) is 17.5 Å². The molecule has 12 heteroatoms. The zero-order chi connectivity index (χ0) is 22.1. The van der Waals surface area contributed by atoms with Crippen LogP contribution in [0.15, 0.2) is 42.5 Å². The third-order valence-electron chi connectivity index (χ3n) is 4.61. The van der Waals surface area contributed by atoms with E-state index in [1.807, 2.05) is 35.9 Å². The molecule has 0 radical (unpaired) electrons. The predicted molar refractivity (Wildman–Crippen MR) is 117 cm³/mol. The number of carbonyl (C=O) groups excluding carboxylic acids is 2. The molecule has 0 aliphatic carbocycles. The molecule has 0 fully saturated rings. The average molecular weight is 481 g/mol. The summed E-state index contributed by atoms with van der Waals surface area (Å²) in [6.07, 6.45) is 0. The van der Waals surface area contributed by atoms with Crippen LogP contribution in [0.5, 0.6) is 0 Å². The highest BCUT2D eigenvalue weighted by molar-refractivity contribution is 6.34. The van der Waals surface area contributed by atoms with Crippen molar-refractivity contribution in [1.29, 1.82) is 0 Å². The second-order valence-corrected chi connectivity index (χ2v) is 7.03. The summed E-state index contributed by atoms with van der Waals surface area (Å²) in [4.78, 5) is 29.1. The van der Waals surface area contributed by atoms with Crippen molar-refractivity contribution in [3.63, 3.8) is 0 Å². The topological polar surface area (TPSA) is 105 Å². The average Bonchev–Trinajstić information content (AvgIpc) is 3.34. The largest absolute Gasteiger partial charge is 0.343 e. The molecule has 0 atom stereocenters. The van der Waals surface area contributed by atoms with Crippen molar-refractivity contribution in [2.45, 2.75) is 6.54 Å². The second-order valence-electron chi connectivity index (χ2n) is 6.63. The summed E-state index contributed by atoms with van der Waals surface area (Å²) >= 11 is 5.79. The Morgan fingerprint density at radius 1 is 1.12 bits per heavy atom. The number of aromatic nitrogens is 4. The van der Waals surface area contributed by atoms with Crippen LogP contribution < -0.4 is 10.6 Å². The van der Waals surface area contributed by atoms with Gasteiger partial charge >= 0.3 is 0 Å². The highest BCUT2D eigenvalue weighted by Gasteiger charge is 2.18. The molecule has 0 spiro atoms. The van der Waals surface area contributed by atoms with E-state index in [0.717, 1.165) is 11.0 Å². The molecule has 2 aromatic heterocycles. The van der Waals surface area contributed by atoms with Gasteiger partial charge in [-0.3, -0.25) is 14.7 Å². The molecule has 0 unspecified atom stereocenters. The molecule has 0 saturated carbocycles. The van der Waals surface area contributed by atoms with Crippen molar-refractivity contribution >= 4 is 52.7 Å². The summed E-state index contributed by atoms with van der Waals surface area (Å²) in [6, 6.07) is 10.3. The number of imidazole rings is 1. The number of hydrogen-bond donors (Lipinski definition) is 3. The third kappa shape index (κ3) is 4.56. The molecule has 2 heterocycles. The molecule has 4 aromatic rings. The Morgan fingerprint density at radius 2 is 1.84 bits per heavy atom. The lowest BCUT2D eigenvalue weighted by Gasteiger charge is -2.05. The fourth-order valence-electron chi connectivity index (χ4n) is 2.99. The predicted octanol–water partition coefficient (Wildman–Crippen LogP) is 3.83. The maximum Gasteiger partial charge on any atom is 0.269 e. The van der Waals surface area contributed by atoms with Crippen LogP contribution in [0.3, 0.4) is 0 Å². The Hall–Kier alpha value is -3.50. The standard InChI is InChI=1S/C20H15ClF2N6O2.ClH/c1-29-16-5-3-2-4-14(16)25-18(29)9-24-20(31)15-8-17(28-27-15)26-19(30)10-6-12(22)13(23)7-11(10)21;/h2-8H,9H2,1H3,(H,24,31)(H2,26,27,28,30);1H. The minimum atomic E-state index is -1.21. The van der Waals surface area contributed by atoms with E-state index >= 15 is 0 Å². The minimum Gasteiger partial charge on any atom is -0.343 e. The molecule has 0 aliphatic heterocycles. The van der Waals surface area contributed by atoms with Gasteiger partial charge in [0.2, 0.25) is 0 Å². The van der Waals surface area contributed by atoms with E-state index in [4.69, 9.17) is 11.6 Å². The Bertz CT molecular complexity index is 1320. The number of amides is 2. The van der Waals surface area contributed by atoms with Crippen LogP contribution in [0.25, 0.3) is 11.0 Å². The Morgan fingerprint density at radius 3 is 2.59 bits per heavy atom. The molecule has 3 N–H and O–H groups in total. The highest BCUT2D eigenvalue weighted by atomic mass is 35.5. The van der Waals surface area contributed by atoms with Crippen molar-refractivity contribution in [3.8, 4) is 0 Å². The quantitative estimate of drug-likeness (QED) is 0.377. The fourth-order valence-corrected chi connectivity index (χ4v) is 3.23. The molecule has 2 aromatic carbocycles. The number of carbonyl (C=O) groups is 2. The third-order valence-corrected chi connectivity index (χ3v) is 4.92. The Kier molecular flexibility index (Phi) is 6.75. The second kappa shape index (κ2) is 9.33. The number of benzene rings is 2. The normalized spacial score (nSPS) is 10.6. The number of nitrogens with zero attached hydrogens (tertiary/aromatic N) is 3. The molecule has 4 rings (SSSR count). The van der Waals surface area contributed by atoms with Gasteiger partial charge in [0.1, 0.15) is 11.5 Å². The highest BCUT2D eigenvalue weighted by Crippen LogP contribution is 2.21.